The average Bonchev–Trinajstić information content (AvgIpc) is 1.76. The van der Waals surface area contributed by atoms with Gasteiger partial charge in [-0.25, -0.2) is 0 Å². The second-order valence-corrected chi connectivity index (χ2v) is 10.5. The molecule has 1 N–H and O–H groups in total. The Labute approximate surface area is 78.3 Å². The Kier molecular flexibility index (Phi) is 4.21. The van der Waals surface area contributed by atoms with Crippen molar-refractivity contribution in [2.45, 2.75) is 46.0 Å². The van der Waals surface area contributed by atoms with Gasteiger partial charge >= 0.3 is 0 Å². The van der Waals surface area contributed by atoms with Crippen molar-refractivity contribution in [2.75, 3.05) is 6.54 Å². The molecule has 0 aromatic rings. The molecule has 0 radical (unpaired) electrons. The minimum absolute atomic E-state index is 0.240. The van der Waals surface area contributed by atoms with Gasteiger partial charge in [0.05, 0.1) is 8.07 Å². The van der Waals surface area contributed by atoms with Crippen LogP contribution in [0.3, 0.4) is 0 Å². The molecule has 0 bridgehead atoms. The summed E-state index contributed by atoms with van der Waals surface area (Å²) in [5.41, 5.74) is 2.62. The van der Waals surface area contributed by atoms with E-state index in [9.17, 15) is 0 Å². The van der Waals surface area contributed by atoms with Crippen LogP contribution in [0, 0.1) is 0 Å². The van der Waals surface area contributed by atoms with Gasteiger partial charge in [0.2, 0.25) is 0 Å². The van der Waals surface area contributed by atoms with Crippen LogP contribution in [0.5, 0.6) is 0 Å². The quantitative estimate of drug-likeness (QED) is 0.667. The van der Waals surface area contributed by atoms with Gasteiger partial charge in [0.25, 0.3) is 0 Å². The molecule has 0 amide bonds. The van der Waals surface area contributed by atoms with Crippen molar-refractivity contribution in [1.82, 2.24) is 5.32 Å². The second kappa shape index (κ2) is 4.24. The first kappa shape index (κ1) is 11.9. The van der Waals surface area contributed by atoms with Crippen LogP contribution in [0.1, 0.15) is 20.8 Å². The minimum Gasteiger partial charge on any atom is -0.309 e. The van der Waals surface area contributed by atoms with E-state index in [4.69, 9.17) is 0 Å². The topological polar surface area (TPSA) is 12.0 Å². The summed E-state index contributed by atoms with van der Waals surface area (Å²) in [7, 11) is -0.974. The molecular weight excluding hydrogens is 162 g/mol. The SMILES string of the molecule is CC(C)(C)NCC=C[Si](C)(C)C. The minimum atomic E-state index is -0.974. The maximum Gasteiger partial charge on any atom is 0.0683 e. The normalized spacial score (nSPS) is 14.2. The fourth-order valence-corrected chi connectivity index (χ4v) is 1.60. The van der Waals surface area contributed by atoms with Gasteiger partial charge in [-0.2, -0.15) is 0 Å². The van der Waals surface area contributed by atoms with Gasteiger partial charge in [-0.1, -0.05) is 31.4 Å². The molecule has 1 nitrogen and oxygen atoms in total. The fraction of sp³-hybridized carbons (Fsp3) is 0.800. The zero-order chi connectivity index (χ0) is 9.83. The number of nitrogens with one attached hydrogen (secondary N) is 1. The molecule has 0 saturated carbocycles. The van der Waals surface area contributed by atoms with E-state index in [1.807, 2.05) is 0 Å². The van der Waals surface area contributed by atoms with E-state index in [0.29, 0.717) is 0 Å². The summed E-state index contributed by atoms with van der Waals surface area (Å²) in [6.45, 7) is 14.6. The van der Waals surface area contributed by atoms with Gasteiger partial charge in [0, 0.05) is 12.1 Å². The molecule has 0 spiro atoms. The first-order chi connectivity index (χ1) is 5.21. The smallest absolute Gasteiger partial charge is 0.0683 e. The van der Waals surface area contributed by atoms with E-state index in [2.05, 4.69) is 57.5 Å². The predicted molar refractivity (Wildman–Crippen MR) is 60.2 cm³/mol. The van der Waals surface area contributed by atoms with Gasteiger partial charge in [-0.3, -0.25) is 0 Å². The number of hydrogen-bond acceptors (Lipinski definition) is 1. The van der Waals surface area contributed by atoms with Crippen LogP contribution in [0.2, 0.25) is 19.6 Å². The summed E-state index contributed by atoms with van der Waals surface area (Å²) in [4.78, 5) is 0. The maximum atomic E-state index is 3.43. The lowest BCUT2D eigenvalue weighted by Gasteiger charge is -2.19. The van der Waals surface area contributed by atoms with Crippen LogP contribution in [0.15, 0.2) is 11.8 Å². The highest BCUT2D eigenvalue weighted by atomic mass is 28.3. The highest BCUT2D eigenvalue weighted by Crippen LogP contribution is 2.02. The third-order valence-corrected chi connectivity index (χ3v) is 2.60. The highest BCUT2D eigenvalue weighted by molar-refractivity contribution is 6.80. The maximum absolute atomic E-state index is 3.43. The summed E-state index contributed by atoms with van der Waals surface area (Å²) < 4.78 is 0. The monoisotopic (exact) mass is 185 g/mol. The van der Waals surface area contributed by atoms with Gasteiger partial charge in [0.15, 0.2) is 0 Å². The van der Waals surface area contributed by atoms with Gasteiger partial charge in [-0.05, 0) is 20.8 Å². The molecule has 0 fully saturated rings. The van der Waals surface area contributed by atoms with Crippen LogP contribution >= 0.6 is 0 Å². The molecule has 0 rings (SSSR count). The van der Waals surface area contributed by atoms with E-state index >= 15 is 0 Å². The average molecular weight is 185 g/mol. The van der Waals surface area contributed by atoms with Crippen molar-refractivity contribution in [3.8, 4) is 0 Å². The molecule has 0 aliphatic heterocycles. The van der Waals surface area contributed by atoms with E-state index in [1.54, 1.807) is 0 Å². The zero-order valence-electron chi connectivity index (χ0n) is 9.36. The summed E-state index contributed by atoms with van der Waals surface area (Å²) in [6, 6.07) is 0. The molecule has 0 aliphatic rings. The van der Waals surface area contributed by atoms with Crippen LogP contribution in [-0.4, -0.2) is 20.2 Å². The molecule has 0 aliphatic carbocycles. The first-order valence-electron chi connectivity index (χ1n) is 4.63. The second-order valence-electron chi connectivity index (χ2n) is 5.40. The largest absolute Gasteiger partial charge is 0.309 e. The molecule has 0 unspecified atom stereocenters. The third kappa shape index (κ3) is 9.92. The van der Waals surface area contributed by atoms with Crippen LogP contribution in [0.25, 0.3) is 0 Å². The van der Waals surface area contributed by atoms with Crippen molar-refractivity contribution in [3.05, 3.63) is 11.8 Å². The van der Waals surface area contributed by atoms with Gasteiger partial charge < -0.3 is 5.32 Å². The van der Waals surface area contributed by atoms with Crippen LogP contribution in [0.4, 0.5) is 0 Å². The van der Waals surface area contributed by atoms with Crippen molar-refractivity contribution < 1.29 is 0 Å². The van der Waals surface area contributed by atoms with Crippen molar-refractivity contribution >= 4 is 8.07 Å². The molecule has 0 aromatic heterocycles. The molecular formula is C10H23NSi. The summed E-state index contributed by atoms with van der Waals surface area (Å²) in [6.07, 6.45) is 2.26. The summed E-state index contributed by atoms with van der Waals surface area (Å²) in [5, 5.41) is 3.43. The standard InChI is InChI=1S/C10H23NSi/c1-10(2,3)11-8-7-9-12(4,5)6/h7,9,11H,8H2,1-6H3. The lowest BCUT2D eigenvalue weighted by atomic mass is 10.1. The van der Waals surface area contributed by atoms with Gasteiger partial charge in [0.1, 0.15) is 0 Å². The lowest BCUT2D eigenvalue weighted by molar-refractivity contribution is 0.449. The van der Waals surface area contributed by atoms with Crippen LogP contribution < -0.4 is 5.32 Å². The molecule has 0 heterocycles. The lowest BCUT2D eigenvalue weighted by Crippen LogP contribution is -2.35. The van der Waals surface area contributed by atoms with E-state index in [-0.39, 0.29) is 5.54 Å². The predicted octanol–water partition coefficient (Wildman–Crippen LogP) is 2.81. The van der Waals surface area contributed by atoms with E-state index in [0.717, 1.165) is 6.54 Å². The Balaban J connectivity index is 3.64. The third-order valence-electron chi connectivity index (χ3n) is 1.37. The fourth-order valence-electron chi connectivity index (χ4n) is 0.778. The molecule has 12 heavy (non-hydrogen) atoms. The molecule has 0 atom stereocenters. The molecule has 72 valence electrons. The summed E-state index contributed by atoms with van der Waals surface area (Å²) >= 11 is 0. The zero-order valence-corrected chi connectivity index (χ0v) is 10.4. The Morgan fingerprint density at radius 3 is 2.00 bits per heavy atom. The highest BCUT2D eigenvalue weighted by Gasteiger charge is 2.08. The Bertz CT molecular complexity index is 148. The van der Waals surface area contributed by atoms with Crippen molar-refractivity contribution in [1.29, 1.82) is 0 Å². The molecule has 0 aromatic carbocycles. The Morgan fingerprint density at radius 2 is 1.67 bits per heavy atom. The van der Waals surface area contributed by atoms with Crippen LogP contribution in [-0.2, 0) is 0 Å². The van der Waals surface area contributed by atoms with Crippen molar-refractivity contribution in [3.63, 3.8) is 0 Å². The number of rotatable bonds is 3. The van der Waals surface area contributed by atoms with E-state index < -0.39 is 8.07 Å². The van der Waals surface area contributed by atoms with Gasteiger partial charge in [-0.15, -0.1) is 0 Å². The van der Waals surface area contributed by atoms with E-state index in [1.165, 1.54) is 0 Å². The van der Waals surface area contributed by atoms with Crippen molar-refractivity contribution in [2.24, 2.45) is 0 Å². The molecule has 0 saturated heterocycles. The number of hydrogen-bond donors (Lipinski definition) is 1. The molecule has 2 heteroatoms. The summed E-state index contributed by atoms with van der Waals surface area (Å²) in [5.74, 6) is 0. The Morgan fingerprint density at radius 1 is 1.17 bits per heavy atom. The Hall–Kier alpha value is -0.0831. The first-order valence-corrected chi connectivity index (χ1v) is 8.21.